The Kier molecular flexibility index (Phi) is 8.37. The normalized spacial score (nSPS) is 11.0. The first-order chi connectivity index (χ1) is 9.90. The van der Waals surface area contributed by atoms with Crippen LogP contribution in [0.2, 0.25) is 0 Å². The topological polar surface area (TPSA) is 38.3 Å². The van der Waals surface area contributed by atoms with E-state index in [0.29, 0.717) is 18.9 Å². The number of carbonyl (C=O) groups is 1. The van der Waals surface area contributed by atoms with Crippen LogP contribution in [0.25, 0.3) is 0 Å². The van der Waals surface area contributed by atoms with E-state index in [-0.39, 0.29) is 12.0 Å². The number of rotatable bonds is 8. The maximum absolute atomic E-state index is 11.8. The van der Waals surface area contributed by atoms with Gasteiger partial charge in [-0.2, -0.15) is 0 Å². The Balaban J connectivity index is 2.29. The Hall–Kier alpha value is -0.520. The highest BCUT2D eigenvalue weighted by Crippen LogP contribution is 2.28. The predicted octanol–water partition coefficient (Wildman–Crippen LogP) is 4.09. The third-order valence-electron chi connectivity index (χ3n) is 2.91. The monoisotopic (exact) mass is 373 g/mol. The van der Waals surface area contributed by atoms with E-state index in [2.05, 4.69) is 47.2 Å². The van der Waals surface area contributed by atoms with Crippen LogP contribution in [-0.2, 0) is 9.53 Å². The highest BCUT2D eigenvalue weighted by molar-refractivity contribution is 9.10. The van der Waals surface area contributed by atoms with E-state index >= 15 is 0 Å². The maximum atomic E-state index is 11.8. The van der Waals surface area contributed by atoms with Gasteiger partial charge in [0.2, 0.25) is 5.91 Å². The molecular weight excluding hydrogens is 350 g/mol. The SMILES string of the molecule is Cc1cc(SCC(=O)NCCCOC(C)C)c(C)cc1Br. The molecule has 1 aromatic rings. The fourth-order valence-electron chi connectivity index (χ4n) is 1.72. The van der Waals surface area contributed by atoms with Crippen molar-refractivity contribution in [3.8, 4) is 0 Å². The van der Waals surface area contributed by atoms with Gasteiger partial charge in [-0.15, -0.1) is 11.8 Å². The molecule has 0 fully saturated rings. The second-order valence-electron chi connectivity index (χ2n) is 5.28. The summed E-state index contributed by atoms with van der Waals surface area (Å²) in [5, 5.41) is 2.92. The van der Waals surface area contributed by atoms with Crippen molar-refractivity contribution in [2.45, 2.75) is 45.1 Å². The summed E-state index contributed by atoms with van der Waals surface area (Å²) in [7, 11) is 0. The van der Waals surface area contributed by atoms with Crippen molar-refractivity contribution >= 4 is 33.6 Å². The average molecular weight is 374 g/mol. The zero-order chi connectivity index (χ0) is 15.8. The smallest absolute Gasteiger partial charge is 0.230 e. The first-order valence-electron chi connectivity index (χ1n) is 7.18. The predicted molar refractivity (Wildman–Crippen MR) is 93.1 cm³/mol. The van der Waals surface area contributed by atoms with Gasteiger partial charge in [-0.25, -0.2) is 0 Å². The number of ether oxygens (including phenoxy) is 1. The minimum atomic E-state index is 0.0736. The molecule has 21 heavy (non-hydrogen) atoms. The second kappa shape index (κ2) is 9.49. The van der Waals surface area contributed by atoms with E-state index in [1.807, 2.05) is 13.8 Å². The molecule has 1 rings (SSSR count). The Morgan fingerprint density at radius 1 is 1.33 bits per heavy atom. The third kappa shape index (κ3) is 7.34. The molecule has 0 aromatic heterocycles. The zero-order valence-corrected chi connectivity index (χ0v) is 15.6. The van der Waals surface area contributed by atoms with E-state index in [1.165, 1.54) is 11.1 Å². The van der Waals surface area contributed by atoms with Crippen LogP contribution >= 0.6 is 27.7 Å². The Morgan fingerprint density at radius 2 is 2.05 bits per heavy atom. The average Bonchev–Trinajstić information content (AvgIpc) is 2.40. The quantitative estimate of drug-likeness (QED) is 0.550. The molecule has 1 N–H and O–H groups in total. The van der Waals surface area contributed by atoms with Gasteiger partial charge in [-0.05, 0) is 57.4 Å². The number of hydrogen-bond donors (Lipinski definition) is 1. The van der Waals surface area contributed by atoms with Gasteiger partial charge in [0.1, 0.15) is 0 Å². The van der Waals surface area contributed by atoms with Crippen molar-refractivity contribution in [1.29, 1.82) is 0 Å². The molecule has 0 unspecified atom stereocenters. The van der Waals surface area contributed by atoms with Crippen molar-refractivity contribution < 1.29 is 9.53 Å². The van der Waals surface area contributed by atoms with Gasteiger partial charge in [0.15, 0.2) is 0 Å². The standard InChI is InChI=1S/C16H24BrNO2S/c1-11(2)20-7-5-6-18-16(19)10-21-15-9-12(3)14(17)8-13(15)4/h8-9,11H,5-7,10H2,1-4H3,(H,18,19). The van der Waals surface area contributed by atoms with E-state index in [4.69, 9.17) is 4.74 Å². The summed E-state index contributed by atoms with van der Waals surface area (Å²) in [6.45, 7) is 9.51. The molecule has 5 heteroatoms. The van der Waals surface area contributed by atoms with Gasteiger partial charge in [-0.1, -0.05) is 15.9 Å². The van der Waals surface area contributed by atoms with Crippen LogP contribution in [0.3, 0.4) is 0 Å². The lowest BCUT2D eigenvalue weighted by Gasteiger charge is -2.10. The minimum absolute atomic E-state index is 0.0736. The van der Waals surface area contributed by atoms with E-state index < -0.39 is 0 Å². The molecule has 0 saturated heterocycles. The number of carbonyl (C=O) groups excluding carboxylic acids is 1. The molecule has 3 nitrogen and oxygen atoms in total. The lowest BCUT2D eigenvalue weighted by Crippen LogP contribution is -2.27. The van der Waals surface area contributed by atoms with E-state index in [0.717, 1.165) is 15.8 Å². The van der Waals surface area contributed by atoms with E-state index in [9.17, 15) is 4.79 Å². The first kappa shape index (κ1) is 18.5. The summed E-state index contributed by atoms with van der Waals surface area (Å²) in [5.74, 6) is 0.525. The molecule has 0 aliphatic carbocycles. The molecule has 0 radical (unpaired) electrons. The summed E-state index contributed by atoms with van der Waals surface area (Å²) < 4.78 is 6.54. The molecule has 0 aliphatic heterocycles. The molecule has 0 atom stereocenters. The van der Waals surface area contributed by atoms with Crippen LogP contribution in [0.1, 0.15) is 31.4 Å². The van der Waals surface area contributed by atoms with Crippen LogP contribution in [0.5, 0.6) is 0 Å². The summed E-state index contributed by atoms with van der Waals surface area (Å²) in [5.41, 5.74) is 2.38. The van der Waals surface area contributed by atoms with E-state index in [1.54, 1.807) is 11.8 Å². The molecule has 0 spiro atoms. The van der Waals surface area contributed by atoms with Crippen LogP contribution in [0.4, 0.5) is 0 Å². The molecule has 0 saturated carbocycles. The van der Waals surface area contributed by atoms with Gasteiger partial charge in [0, 0.05) is 22.5 Å². The van der Waals surface area contributed by atoms with Crippen molar-refractivity contribution in [2.75, 3.05) is 18.9 Å². The molecule has 0 bridgehead atoms. The van der Waals surface area contributed by atoms with Gasteiger partial charge in [0.25, 0.3) is 0 Å². The lowest BCUT2D eigenvalue weighted by molar-refractivity contribution is -0.118. The molecule has 0 aliphatic rings. The summed E-state index contributed by atoms with van der Waals surface area (Å²) in [6.07, 6.45) is 1.10. The number of benzene rings is 1. The molecule has 0 heterocycles. The highest BCUT2D eigenvalue weighted by atomic mass is 79.9. The number of aryl methyl sites for hydroxylation is 2. The van der Waals surface area contributed by atoms with Crippen LogP contribution in [-0.4, -0.2) is 30.9 Å². The fraction of sp³-hybridized carbons (Fsp3) is 0.562. The lowest BCUT2D eigenvalue weighted by atomic mass is 10.2. The first-order valence-corrected chi connectivity index (χ1v) is 8.96. The summed E-state index contributed by atoms with van der Waals surface area (Å²) in [6, 6.07) is 4.21. The van der Waals surface area contributed by atoms with Gasteiger partial charge in [-0.3, -0.25) is 4.79 Å². The van der Waals surface area contributed by atoms with Crippen molar-refractivity contribution in [2.24, 2.45) is 0 Å². The Labute approximate surface area is 140 Å². The van der Waals surface area contributed by atoms with Crippen LogP contribution in [0, 0.1) is 13.8 Å². The molecule has 118 valence electrons. The number of thioether (sulfide) groups is 1. The zero-order valence-electron chi connectivity index (χ0n) is 13.2. The Bertz CT molecular complexity index is 478. The van der Waals surface area contributed by atoms with Gasteiger partial charge in [0.05, 0.1) is 11.9 Å². The highest BCUT2D eigenvalue weighted by Gasteiger charge is 2.07. The van der Waals surface area contributed by atoms with Crippen molar-refractivity contribution in [3.05, 3.63) is 27.7 Å². The summed E-state index contributed by atoms with van der Waals surface area (Å²) >= 11 is 5.10. The number of hydrogen-bond acceptors (Lipinski definition) is 3. The summed E-state index contributed by atoms with van der Waals surface area (Å²) in [4.78, 5) is 13.0. The fourth-order valence-corrected chi connectivity index (χ4v) is 3.12. The minimum Gasteiger partial charge on any atom is -0.379 e. The second-order valence-corrected chi connectivity index (χ2v) is 7.15. The van der Waals surface area contributed by atoms with Crippen molar-refractivity contribution in [1.82, 2.24) is 5.32 Å². The number of amides is 1. The van der Waals surface area contributed by atoms with Gasteiger partial charge < -0.3 is 10.1 Å². The molecule has 1 aromatic carbocycles. The number of nitrogens with one attached hydrogen (secondary N) is 1. The Morgan fingerprint density at radius 3 is 2.71 bits per heavy atom. The maximum Gasteiger partial charge on any atom is 0.230 e. The molecule has 1 amide bonds. The largest absolute Gasteiger partial charge is 0.379 e. The van der Waals surface area contributed by atoms with Crippen molar-refractivity contribution in [3.63, 3.8) is 0 Å². The number of halogens is 1. The van der Waals surface area contributed by atoms with Crippen LogP contribution in [0.15, 0.2) is 21.5 Å². The molecular formula is C16H24BrNO2S. The third-order valence-corrected chi connectivity index (χ3v) is 4.92. The van der Waals surface area contributed by atoms with Gasteiger partial charge >= 0.3 is 0 Å². The van der Waals surface area contributed by atoms with Crippen LogP contribution < -0.4 is 5.32 Å².